The minimum absolute atomic E-state index is 0.117. The van der Waals surface area contributed by atoms with Crippen molar-refractivity contribution >= 4 is 24.0 Å². The van der Waals surface area contributed by atoms with Crippen LogP contribution in [0.2, 0.25) is 0 Å². The van der Waals surface area contributed by atoms with Gasteiger partial charge in [0, 0.05) is 7.05 Å². The van der Waals surface area contributed by atoms with Gasteiger partial charge in [-0.3, -0.25) is 4.79 Å². The van der Waals surface area contributed by atoms with Crippen molar-refractivity contribution in [2.45, 2.75) is 19.1 Å². The summed E-state index contributed by atoms with van der Waals surface area (Å²) in [5.74, 6) is -0.376. The maximum Gasteiger partial charge on any atom is 0.418 e. The van der Waals surface area contributed by atoms with Gasteiger partial charge in [-0.1, -0.05) is 66.7 Å². The number of ether oxygens (including phenoxy) is 2. The summed E-state index contributed by atoms with van der Waals surface area (Å²) in [5.41, 5.74) is 2.84. The number of carboxylic acid groups (broad SMARTS) is 1. The molecule has 0 spiro atoms. The number of hydrogen-bond donors (Lipinski definition) is 1. The van der Waals surface area contributed by atoms with E-state index in [1.165, 1.54) is 18.2 Å². The molecule has 2 amide bonds. The first-order chi connectivity index (χ1) is 20.8. The summed E-state index contributed by atoms with van der Waals surface area (Å²) in [6, 6.07) is 29.5. The van der Waals surface area contributed by atoms with Crippen molar-refractivity contribution in [1.29, 1.82) is 0 Å². The minimum atomic E-state index is -1.32. The minimum Gasteiger partial charge on any atom is -0.497 e. The zero-order valence-electron chi connectivity index (χ0n) is 23.7. The van der Waals surface area contributed by atoms with Crippen molar-refractivity contribution in [1.82, 2.24) is 9.80 Å². The van der Waals surface area contributed by atoms with Crippen molar-refractivity contribution in [3.63, 3.8) is 0 Å². The predicted molar refractivity (Wildman–Crippen MR) is 161 cm³/mol. The van der Waals surface area contributed by atoms with Gasteiger partial charge in [-0.2, -0.15) is 4.99 Å². The highest BCUT2D eigenvalue weighted by molar-refractivity contribution is 6.08. The van der Waals surface area contributed by atoms with E-state index in [0.29, 0.717) is 30.2 Å². The van der Waals surface area contributed by atoms with E-state index in [9.17, 15) is 19.1 Å². The van der Waals surface area contributed by atoms with Crippen LogP contribution in [0.25, 0.3) is 6.08 Å². The van der Waals surface area contributed by atoms with Crippen LogP contribution in [0.4, 0.5) is 9.18 Å². The second-order valence-electron chi connectivity index (χ2n) is 9.91. The number of likely N-dealkylation sites (N-methyl/N-ethyl adjacent to an activating group) is 1. The van der Waals surface area contributed by atoms with E-state index in [0.717, 1.165) is 27.7 Å². The lowest BCUT2D eigenvalue weighted by Gasteiger charge is -2.20. The summed E-state index contributed by atoms with van der Waals surface area (Å²) in [5, 5.41) is 10.3. The normalized spacial score (nSPS) is 16.5. The Bertz CT molecular complexity index is 1650. The Hall–Kier alpha value is -5.44. The average Bonchev–Trinajstić information content (AvgIpc) is 3.27. The maximum atomic E-state index is 14.4. The number of amides is 2. The largest absolute Gasteiger partial charge is 0.497 e. The van der Waals surface area contributed by atoms with Crippen LogP contribution in [0.5, 0.6) is 11.5 Å². The third-order valence-electron chi connectivity index (χ3n) is 7.11. The fourth-order valence-electron chi connectivity index (χ4n) is 4.83. The van der Waals surface area contributed by atoms with Gasteiger partial charge in [-0.25, -0.2) is 14.1 Å². The van der Waals surface area contributed by atoms with Crippen LogP contribution in [-0.4, -0.2) is 53.1 Å². The summed E-state index contributed by atoms with van der Waals surface area (Å²) in [6.45, 7) is 0.434. The van der Waals surface area contributed by atoms with Crippen LogP contribution < -0.4 is 9.47 Å². The number of aliphatic imine (C=N–C) groups is 1. The van der Waals surface area contributed by atoms with Crippen LogP contribution in [0.15, 0.2) is 114 Å². The Morgan fingerprint density at radius 2 is 1.53 bits per heavy atom. The number of rotatable bonds is 8. The molecule has 5 rings (SSSR count). The van der Waals surface area contributed by atoms with Gasteiger partial charge in [-0.05, 0) is 65.6 Å². The second kappa shape index (κ2) is 13.0. The van der Waals surface area contributed by atoms with Crippen molar-refractivity contribution < 1.29 is 28.6 Å². The molecule has 4 aromatic carbocycles. The highest BCUT2D eigenvalue weighted by atomic mass is 19.1. The van der Waals surface area contributed by atoms with Crippen LogP contribution in [-0.2, 0) is 13.0 Å². The molecule has 0 saturated carbocycles. The van der Waals surface area contributed by atoms with Crippen molar-refractivity contribution in [3.05, 3.63) is 137 Å². The fourth-order valence-corrected chi connectivity index (χ4v) is 4.83. The molecule has 8 nitrogen and oxygen atoms in total. The quantitative estimate of drug-likeness (QED) is 0.257. The third kappa shape index (κ3) is 6.73. The van der Waals surface area contributed by atoms with Gasteiger partial charge >= 0.3 is 6.09 Å². The lowest BCUT2D eigenvalue weighted by atomic mass is 10.0. The first-order valence-electron chi connectivity index (χ1n) is 13.6. The monoisotopic (exact) mass is 579 g/mol. The van der Waals surface area contributed by atoms with Crippen molar-refractivity contribution in [3.8, 4) is 11.5 Å². The van der Waals surface area contributed by atoms with E-state index in [1.807, 2.05) is 54.6 Å². The van der Waals surface area contributed by atoms with Crippen molar-refractivity contribution in [2.75, 3.05) is 14.2 Å². The first kappa shape index (κ1) is 29.1. The molecule has 1 unspecified atom stereocenters. The summed E-state index contributed by atoms with van der Waals surface area (Å²) in [4.78, 5) is 32.3. The highest BCUT2D eigenvalue weighted by Gasteiger charge is 2.42. The van der Waals surface area contributed by atoms with Gasteiger partial charge in [0.05, 0.1) is 24.4 Å². The average molecular weight is 580 g/mol. The summed E-state index contributed by atoms with van der Waals surface area (Å²) < 4.78 is 25.5. The number of carbonyl (C=O) groups excluding carboxylic acids is 1. The molecule has 0 radical (unpaired) electrons. The van der Waals surface area contributed by atoms with E-state index in [4.69, 9.17) is 9.47 Å². The molecular weight excluding hydrogens is 549 g/mol. The topological polar surface area (TPSA) is 91.7 Å². The molecule has 4 aromatic rings. The number of nitrogens with zero attached hydrogens (tertiary/aromatic N) is 3. The molecule has 1 saturated heterocycles. The molecule has 0 bridgehead atoms. The third-order valence-corrected chi connectivity index (χ3v) is 7.11. The number of halogens is 1. The van der Waals surface area contributed by atoms with E-state index in [1.54, 1.807) is 49.4 Å². The van der Waals surface area contributed by atoms with Gasteiger partial charge in [0.2, 0.25) is 5.96 Å². The molecule has 43 heavy (non-hydrogen) atoms. The van der Waals surface area contributed by atoms with Crippen LogP contribution >= 0.6 is 0 Å². The number of methoxy groups -OCH3 is 1. The number of benzene rings is 4. The fraction of sp³-hybridized carbons (Fsp3) is 0.147. The first-order valence-corrected chi connectivity index (χ1v) is 13.6. The Labute approximate surface area is 248 Å². The molecule has 0 aromatic heterocycles. The van der Waals surface area contributed by atoms with Gasteiger partial charge < -0.3 is 19.5 Å². The zero-order chi connectivity index (χ0) is 30.3. The molecule has 218 valence electrons. The predicted octanol–water partition coefficient (Wildman–Crippen LogP) is 6.49. The van der Waals surface area contributed by atoms with Crippen LogP contribution in [0, 0.1) is 5.82 Å². The lowest BCUT2D eigenvalue weighted by Crippen LogP contribution is -2.36. The molecule has 1 aliphatic heterocycles. The van der Waals surface area contributed by atoms with Gasteiger partial charge in [0.15, 0.2) is 0 Å². The van der Waals surface area contributed by atoms with Crippen LogP contribution in [0.1, 0.15) is 27.0 Å². The van der Waals surface area contributed by atoms with Crippen LogP contribution in [0.3, 0.4) is 0 Å². The Morgan fingerprint density at radius 3 is 2.19 bits per heavy atom. The number of hydrogen-bond acceptors (Lipinski definition) is 4. The smallest absolute Gasteiger partial charge is 0.418 e. The second-order valence-corrected chi connectivity index (χ2v) is 9.91. The molecule has 1 fully saturated rings. The molecule has 1 N–H and O–H groups in total. The SMILES string of the molecule is COc1ccc(/C=C2/C(Cc3ccc(OCc4ccccc4)cc3)N(C)/C(=N/C(=O)c3ccccc3F)N2C(=O)O)cc1. The van der Waals surface area contributed by atoms with Gasteiger partial charge in [-0.15, -0.1) is 0 Å². The molecular formula is C34H30FN3O5. The van der Waals surface area contributed by atoms with E-state index in [-0.39, 0.29) is 11.5 Å². The Morgan fingerprint density at radius 1 is 0.884 bits per heavy atom. The number of carbonyl (C=O) groups is 2. The molecule has 1 atom stereocenters. The summed E-state index contributed by atoms with van der Waals surface area (Å²) >= 11 is 0. The van der Waals surface area contributed by atoms with Gasteiger partial charge in [0.25, 0.3) is 5.91 Å². The van der Waals surface area contributed by atoms with Gasteiger partial charge in [0.1, 0.15) is 23.9 Å². The zero-order valence-corrected chi connectivity index (χ0v) is 23.7. The molecule has 9 heteroatoms. The summed E-state index contributed by atoms with van der Waals surface area (Å²) in [6.07, 6.45) is 0.815. The van der Waals surface area contributed by atoms with E-state index in [2.05, 4.69) is 4.99 Å². The molecule has 1 aliphatic rings. The molecule has 1 heterocycles. The van der Waals surface area contributed by atoms with Crippen molar-refractivity contribution in [2.24, 2.45) is 4.99 Å². The van der Waals surface area contributed by atoms with E-state index >= 15 is 0 Å². The standard InChI is InChI=1S/C34H30FN3O5/c1-37-30(20-23-14-18-27(19-15-23)43-22-25-8-4-3-5-9-25)31(21-24-12-16-26(42-2)17-13-24)38(34(40)41)33(37)36-32(39)28-10-6-7-11-29(28)35/h3-19,21,30H,20,22H2,1-2H3,(H,40,41)/b31-21-,36-33-. The van der Waals surface area contributed by atoms with E-state index < -0.39 is 23.9 Å². The summed E-state index contributed by atoms with van der Waals surface area (Å²) in [7, 11) is 3.23. The molecule has 0 aliphatic carbocycles. The highest BCUT2D eigenvalue weighted by Crippen LogP contribution is 2.31. The Kier molecular flexibility index (Phi) is 8.81. The Balaban J connectivity index is 1.47. The number of guanidine groups is 1. The lowest BCUT2D eigenvalue weighted by molar-refractivity contribution is 0.0996. The maximum absolute atomic E-state index is 14.4.